The average Bonchev–Trinajstić information content (AvgIpc) is 3.20. The van der Waals surface area contributed by atoms with E-state index < -0.39 is 5.97 Å². The topological polar surface area (TPSA) is 106 Å². The molecule has 0 saturated carbocycles. The fraction of sp³-hybridized carbons (Fsp3) is 0.556. The van der Waals surface area contributed by atoms with Gasteiger partial charge in [0.25, 0.3) is 5.91 Å². The number of nitrogens with two attached hydrogens (primary N) is 1. The highest BCUT2D eigenvalue weighted by molar-refractivity contribution is 5.96. The van der Waals surface area contributed by atoms with Gasteiger partial charge in [0.15, 0.2) is 6.61 Å². The summed E-state index contributed by atoms with van der Waals surface area (Å²) < 4.78 is 5.23. The third kappa shape index (κ3) is 4.12. The number of ether oxygens (including phenoxy) is 1. The maximum absolute atomic E-state index is 12.4. The van der Waals surface area contributed by atoms with Crippen molar-refractivity contribution in [2.75, 3.05) is 37.7 Å². The van der Waals surface area contributed by atoms with E-state index in [9.17, 15) is 14.4 Å². The number of amides is 2. The van der Waals surface area contributed by atoms with E-state index in [1.807, 2.05) is 0 Å². The third-order valence-corrected chi connectivity index (χ3v) is 4.99. The lowest BCUT2D eigenvalue weighted by Crippen LogP contribution is -2.43. The van der Waals surface area contributed by atoms with Crippen LogP contribution in [0.1, 0.15) is 36.0 Å². The highest BCUT2D eigenvalue weighted by atomic mass is 16.5. The number of hydrogen-bond acceptors (Lipinski definition) is 6. The molecular formula is C18H24N4O4. The van der Waals surface area contributed by atoms with E-state index in [-0.39, 0.29) is 24.3 Å². The fourth-order valence-corrected chi connectivity index (χ4v) is 3.45. The number of nitrogens with zero attached hydrogens (tertiary/aromatic N) is 3. The van der Waals surface area contributed by atoms with E-state index in [0.29, 0.717) is 37.3 Å². The number of primary amides is 1. The van der Waals surface area contributed by atoms with Crippen molar-refractivity contribution in [3.05, 3.63) is 23.9 Å². The Balaban J connectivity index is 1.54. The first kappa shape index (κ1) is 18.2. The van der Waals surface area contributed by atoms with Gasteiger partial charge in [-0.2, -0.15) is 0 Å². The summed E-state index contributed by atoms with van der Waals surface area (Å²) in [6.45, 7) is 2.33. The third-order valence-electron chi connectivity index (χ3n) is 4.99. The molecule has 2 fully saturated rings. The van der Waals surface area contributed by atoms with Crippen LogP contribution >= 0.6 is 0 Å². The fourth-order valence-electron chi connectivity index (χ4n) is 3.45. The number of piperidine rings is 1. The van der Waals surface area contributed by atoms with E-state index >= 15 is 0 Å². The Labute approximate surface area is 152 Å². The van der Waals surface area contributed by atoms with Crippen molar-refractivity contribution in [1.29, 1.82) is 0 Å². The first-order valence-corrected chi connectivity index (χ1v) is 9.00. The predicted molar refractivity (Wildman–Crippen MR) is 94.5 cm³/mol. The Morgan fingerprint density at radius 3 is 2.50 bits per heavy atom. The van der Waals surface area contributed by atoms with E-state index in [2.05, 4.69) is 9.88 Å². The van der Waals surface area contributed by atoms with Gasteiger partial charge in [-0.25, -0.2) is 9.78 Å². The molecule has 1 aromatic heterocycles. The number of anilines is 1. The van der Waals surface area contributed by atoms with Crippen LogP contribution in [-0.4, -0.2) is 60.5 Å². The Morgan fingerprint density at radius 1 is 1.15 bits per heavy atom. The molecule has 0 aromatic carbocycles. The quantitative estimate of drug-likeness (QED) is 0.769. The standard InChI is InChI=1S/C18H24N4O4/c19-16(24)13-5-10-21(11-6-13)15(23)12-26-18(25)14-4-3-7-20-17(14)22-8-1-2-9-22/h3-4,7,13H,1-2,5-6,8-12H2,(H2,19,24). The van der Waals surface area contributed by atoms with Crippen molar-refractivity contribution in [2.24, 2.45) is 11.7 Å². The van der Waals surface area contributed by atoms with Crippen LogP contribution in [-0.2, 0) is 14.3 Å². The van der Waals surface area contributed by atoms with Gasteiger partial charge in [0.1, 0.15) is 11.4 Å². The van der Waals surface area contributed by atoms with Crippen molar-refractivity contribution in [3.63, 3.8) is 0 Å². The van der Waals surface area contributed by atoms with Crippen molar-refractivity contribution < 1.29 is 19.1 Å². The van der Waals surface area contributed by atoms with Gasteiger partial charge in [0, 0.05) is 38.3 Å². The molecule has 26 heavy (non-hydrogen) atoms. The number of carbonyl (C=O) groups is 3. The number of rotatable bonds is 5. The minimum atomic E-state index is -0.541. The lowest BCUT2D eigenvalue weighted by Gasteiger charge is -2.30. The monoisotopic (exact) mass is 360 g/mol. The molecular weight excluding hydrogens is 336 g/mol. The highest BCUT2D eigenvalue weighted by Crippen LogP contribution is 2.22. The van der Waals surface area contributed by atoms with Crippen molar-refractivity contribution in [1.82, 2.24) is 9.88 Å². The zero-order chi connectivity index (χ0) is 18.5. The Morgan fingerprint density at radius 2 is 1.85 bits per heavy atom. The molecule has 2 N–H and O–H groups in total. The summed E-state index contributed by atoms with van der Waals surface area (Å²) in [5.41, 5.74) is 5.68. The summed E-state index contributed by atoms with van der Waals surface area (Å²) >= 11 is 0. The molecule has 2 saturated heterocycles. The Hall–Kier alpha value is -2.64. The molecule has 0 unspecified atom stereocenters. The molecule has 0 spiro atoms. The smallest absolute Gasteiger partial charge is 0.342 e. The molecule has 8 nitrogen and oxygen atoms in total. The number of esters is 1. The van der Waals surface area contributed by atoms with E-state index in [0.717, 1.165) is 25.9 Å². The summed E-state index contributed by atoms with van der Waals surface area (Å²) in [4.78, 5) is 43.9. The predicted octanol–water partition coefficient (Wildman–Crippen LogP) is 0.562. The van der Waals surface area contributed by atoms with Crippen LogP contribution in [0.5, 0.6) is 0 Å². The van der Waals surface area contributed by atoms with Crippen LogP contribution in [0.4, 0.5) is 5.82 Å². The van der Waals surface area contributed by atoms with Gasteiger partial charge < -0.3 is 20.3 Å². The molecule has 140 valence electrons. The number of pyridine rings is 1. The Kier molecular flexibility index (Phi) is 5.70. The van der Waals surface area contributed by atoms with Crippen molar-refractivity contribution >= 4 is 23.6 Å². The van der Waals surface area contributed by atoms with Crippen molar-refractivity contribution in [3.8, 4) is 0 Å². The molecule has 0 aliphatic carbocycles. The van der Waals surface area contributed by atoms with Gasteiger partial charge in [-0.05, 0) is 37.8 Å². The maximum Gasteiger partial charge on any atom is 0.342 e. The summed E-state index contributed by atoms with van der Waals surface area (Å²) in [6.07, 6.45) is 4.90. The number of hydrogen-bond donors (Lipinski definition) is 1. The van der Waals surface area contributed by atoms with Gasteiger partial charge >= 0.3 is 5.97 Å². The molecule has 8 heteroatoms. The molecule has 1 aromatic rings. The molecule has 0 bridgehead atoms. The molecule has 0 radical (unpaired) electrons. The summed E-state index contributed by atoms with van der Waals surface area (Å²) in [7, 11) is 0. The molecule has 2 aliphatic heterocycles. The number of carbonyl (C=O) groups excluding carboxylic acids is 3. The van der Waals surface area contributed by atoms with Crippen molar-refractivity contribution in [2.45, 2.75) is 25.7 Å². The van der Waals surface area contributed by atoms with Gasteiger partial charge in [0.2, 0.25) is 5.91 Å². The zero-order valence-electron chi connectivity index (χ0n) is 14.7. The lowest BCUT2D eigenvalue weighted by molar-refractivity contribution is -0.137. The normalized spacial score (nSPS) is 18.0. The van der Waals surface area contributed by atoms with Gasteiger partial charge in [0.05, 0.1) is 0 Å². The van der Waals surface area contributed by atoms with Crippen LogP contribution in [0.25, 0.3) is 0 Å². The second-order valence-electron chi connectivity index (χ2n) is 6.70. The second-order valence-corrected chi connectivity index (χ2v) is 6.70. The first-order chi connectivity index (χ1) is 12.6. The SMILES string of the molecule is NC(=O)C1CCN(C(=O)COC(=O)c2cccnc2N2CCCC2)CC1. The molecule has 2 aliphatic rings. The first-order valence-electron chi connectivity index (χ1n) is 9.00. The van der Waals surface area contributed by atoms with E-state index in [1.165, 1.54) is 0 Å². The van der Waals surface area contributed by atoms with Gasteiger partial charge in [-0.3, -0.25) is 9.59 Å². The summed E-state index contributed by atoms with van der Waals surface area (Å²) in [5, 5.41) is 0. The van der Waals surface area contributed by atoms with E-state index in [1.54, 1.807) is 23.2 Å². The van der Waals surface area contributed by atoms with Crippen LogP contribution in [0.2, 0.25) is 0 Å². The largest absolute Gasteiger partial charge is 0.452 e. The summed E-state index contributed by atoms with van der Waals surface area (Å²) in [6, 6.07) is 3.36. The molecule has 3 rings (SSSR count). The minimum Gasteiger partial charge on any atom is -0.452 e. The van der Waals surface area contributed by atoms with Crippen LogP contribution < -0.4 is 10.6 Å². The lowest BCUT2D eigenvalue weighted by atomic mass is 9.96. The molecule has 3 heterocycles. The Bertz CT molecular complexity index is 680. The van der Waals surface area contributed by atoms with Gasteiger partial charge in [-0.15, -0.1) is 0 Å². The minimum absolute atomic E-state index is 0.181. The highest BCUT2D eigenvalue weighted by Gasteiger charge is 2.27. The number of aromatic nitrogens is 1. The van der Waals surface area contributed by atoms with E-state index in [4.69, 9.17) is 10.5 Å². The number of likely N-dealkylation sites (tertiary alicyclic amines) is 1. The molecule has 2 amide bonds. The average molecular weight is 360 g/mol. The van der Waals surface area contributed by atoms with Gasteiger partial charge in [-0.1, -0.05) is 0 Å². The second kappa shape index (κ2) is 8.16. The van der Waals surface area contributed by atoms with Crippen LogP contribution in [0.15, 0.2) is 18.3 Å². The van der Waals surface area contributed by atoms with Crippen LogP contribution in [0, 0.1) is 5.92 Å². The summed E-state index contributed by atoms with van der Waals surface area (Å²) in [5.74, 6) is -0.687. The van der Waals surface area contributed by atoms with Crippen LogP contribution in [0.3, 0.4) is 0 Å². The zero-order valence-corrected chi connectivity index (χ0v) is 14.7. The maximum atomic E-state index is 12.4. The molecule has 0 atom stereocenters.